The molecule has 41 heavy (non-hydrogen) atoms. The van der Waals surface area contributed by atoms with Crippen LogP contribution in [0.2, 0.25) is 0 Å². The van der Waals surface area contributed by atoms with E-state index in [9.17, 15) is 23.6 Å². The van der Waals surface area contributed by atoms with Crippen molar-refractivity contribution in [2.24, 2.45) is 0 Å². The van der Waals surface area contributed by atoms with E-state index in [1.165, 1.54) is 38.2 Å². The van der Waals surface area contributed by atoms with Crippen molar-refractivity contribution in [3.63, 3.8) is 0 Å². The predicted molar refractivity (Wildman–Crippen MR) is 142 cm³/mol. The normalized spacial score (nSPS) is 21.0. The molecule has 1 saturated carbocycles. The van der Waals surface area contributed by atoms with Gasteiger partial charge in [-0.25, -0.2) is 9.37 Å². The Bertz CT molecular complexity index is 1570. The largest absolute Gasteiger partial charge is 0.489 e. The van der Waals surface area contributed by atoms with Crippen LogP contribution < -0.4 is 20.9 Å². The molecule has 2 bridgehead atoms. The molecule has 0 atom stereocenters. The molecule has 3 N–H and O–H groups in total. The highest BCUT2D eigenvalue weighted by Gasteiger charge is 2.54. The first-order valence-corrected chi connectivity index (χ1v) is 13.1. The molecule has 1 aliphatic carbocycles. The third-order valence-corrected chi connectivity index (χ3v) is 8.04. The van der Waals surface area contributed by atoms with Gasteiger partial charge in [0, 0.05) is 32.6 Å². The lowest BCUT2D eigenvalue weighted by Gasteiger charge is -2.41. The van der Waals surface area contributed by atoms with Crippen LogP contribution in [0.3, 0.4) is 0 Å². The number of fused-ring (bicyclic) bond motifs is 2. The smallest absolute Gasteiger partial charge is 0.311 e. The number of benzene rings is 1. The van der Waals surface area contributed by atoms with Gasteiger partial charge < -0.3 is 25.3 Å². The van der Waals surface area contributed by atoms with Gasteiger partial charge in [0.2, 0.25) is 5.75 Å². The summed E-state index contributed by atoms with van der Waals surface area (Å²) in [5, 5.41) is 13.7. The van der Waals surface area contributed by atoms with E-state index in [4.69, 9.17) is 4.74 Å². The number of ether oxygens (including phenoxy) is 1. The zero-order valence-corrected chi connectivity index (χ0v) is 23.2. The first-order chi connectivity index (χ1) is 19.5. The third kappa shape index (κ3) is 4.83. The maximum atomic E-state index is 13.9. The predicted octanol–water partition coefficient (Wildman–Crippen LogP) is 0.673. The van der Waals surface area contributed by atoms with Crippen LogP contribution in [0.15, 0.2) is 29.3 Å². The first kappa shape index (κ1) is 27.9. The number of aromatic nitrogens is 5. The third-order valence-electron chi connectivity index (χ3n) is 8.04. The minimum absolute atomic E-state index is 0.0526. The van der Waals surface area contributed by atoms with E-state index in [1.807, 2.05) is 0 Å². The Morgan fingerprint density at radius 3 is 2.54 bits per heavy atom. The monoisotopic (exact) mass is 566 g/mol. The van der Waals surface area contributed by atoms with E-state index in [2.05, 4.69) is 30.8 Å². The summed E-state index contributed by atoms with van der Waals surface area (Å²) in [5.74, 6) is -2.16. The van der Waals surface area contributed by atoms with Crippen molar-refractivity contribution in [3.8, 4) is 5.75 Å². The van der Waals surface area contributed by atoms with Crippen LogP contribution in [0.4, 0.5) is 4.39 Å². The highest BCUT2D eigenvalue weighted by molar-refractivity contribution is 6.35. The second-order valence-electron chi connectivity index (χ2n) is 10.8. The van der Waals surface area contributed by atoms with E-state index < -0.39 is 34.2 Å². The summed E-state index contributed by atoms with van der Waals surface area (Å²) < 4.78 is 20.5. The second kappa shape index (κ2) is 10.4. The van der Waals surface area contributed by atoms with Crippen molar-refractivity contribution in [3.05, 3.63) is 69.2 Å². The fourth-order valence-electron chi connectivity index (χ4n) is 5.74. The molecule has 1 fully saturated rings. The summed E-state index contributed by atoms with van der Waals surface area (Å²) in [6.45, 7) is 1.82. The van der Waals surface area contributed by atoms with E-state index in [0.29, 0.717) is 42.6 Å². The topological polar surface area (TPSA) is 164 Å². The van der Waals surface area contributed by atoms with E-state index in [0.717, 1.165) is 4.90 Å². The summed E-state index contributed by atoms with van der Waals surface area (Å²) in [5.41, 5.74) is -1.61. The standard InChI is InChI=1S/C27H31FN8O5/c1-15-11-16(5-6-17(15)28)12-29-20(37)18-19(41-4)22(39)36-13-26(24-30-14-31-34-24)7-9-27(10-8-26,25(36)32-18)33-21(38)23(40)35(2)3/h5-6,11,14H,7-10,12-13H2,1-4H3,(H,29,37)(H,33,38)(H,30,31,34). The summed E-state index contributed by atoms with van der Waals surface area (Å²) in [6.07, 6.45) is 3.11. The number of halogens is 1. The van der Waals surface area contributed by atoms with Gasteiger partial charge in [0.1, 0.15) is 23.8 Å². The van der Waals surface area contributed by atoms with Crippen molar-refractivity contribution in [1.82, 2.24) is 40.3 Å². The molecule has 0 spiro atoms. The van der Waals surface area contributed by atoms with Gasteiger partial charge in [-0.15, -0.1) is 10.2 Å². The van der Waals surface area contributed by atoms with Gasteiger partial charge in [-0.1, -0.05) is 12.1 Å². The molecule has 0 radical (unpaired) electrons. The Balaban J connectivity index is 1.59. The molecule has 4 heterocycles. The number of amides is 3. The van der Waals surface area contributed by atoms with E-state index in [1.54, 1.807) is 19.1 Å². The highest BCUT2D eigenvalue weighted by Crippen LogP contribution is 2.50. The van der Waals surface area contributed by atoms with Gasteiger partial charge in [-0.3, -0.25) is 23.7 Å². The van der Waals surface area contributed by atoms with Crippen molar-refractivity contribution >= 4 is 17.7 Å². The SMILES string of the molecule is COc1c(C(=O)NCc2ccc(F)c(C)c2)nc2n(c1=O)CC1(c3nnc[nH]3)CCC2(NC(=O)C(=O)N(C)C)CC1. The lowest BCUT2D eigenvalue weighted by Crippen LogP contribution is -2.54. The number of nitrogens with zero attached hydrogens (tertiary/aromatic N) is 5. The minimum Gasteiger partial charge on any atom is -0.489 e. The molecule has 0 unspecified atom stereocenters. The summed E-state index contributed by atoms with van der Waals surface area (Å²) in [4.78, 5) is 61.8. The lowest BCUT2D eigenvalue weighted by molar-refractivity contribution is -0.145. The number of aromatic amines is 1. The average molecular weight is 567 g/mol. The van der Waals surface area contributed by atoms with Gasteiger partial charge in [0.25, 0.3) is 11.5 Å². The fourth-order valence-corrected chi connectivity index (χ4v) is 5.74. The minimum atomic E-state index is -1.21. The van der Waals surface area contributed by atoms with Crippen LogP contribution >= 0.6 is 0 Å². The second-order valence-corrected chi connectivity index (χ2v) is 10.8. The molecular formula is C27H31FN8O5. The molecule has 3 aliphatic rings. The molecule has 3 aromatic rings. The number of H-pyrrole nitrogens is 1. The molecule has 216 valence electrons. The van der Waals surface area contributed by atoms with Gasteiger partial charge in [-0.05, 0) is 49.8 Å². The molecule has 2 aromatic heterocycles. The number of aryl methyl sites for hydroxylation is 1. The number of carbonyl (C=O) groups is 3. The lowest BCUT2D eigenvalue weighted by atomic mass is 9.68. The van der Waals surface area contributed by atoms with E-state index in [-0.39, 0.29) is 36.2 Å². The van der Waals surface area contributed by atoms with Crippen molar-refractivity contribution in [1.29, 1.82) is 0 Å². The number of likely N-dealkylation sites (N-methyl/N-ethyl adjacent to an activating group) is 1. The summed E-state index contributed by atoms with van der Waals surface area (Å²) in [6, 6.07) is 4.47. The van der Waals surface area contributed by atoms with Crippen molar-refractivity contribution in [2.75, 3.05) is 21.2 Å². The molecule has 1 aromatic carbocycles. The van der Waals surface area contributed by atoms with Crippen molar-refractivity contribution < 1.29 is 23.5 Å². The van der Waals surface area contributed by atoms with Gasteiger partial charge in [-0.2, -0.15) is 0 Å². The zero-order valence-electron chi connectivity index (χ0n) is 23.2. The first-order valence-electron chi connectivity index (χ1n) is 13.1. The molecule has 3 amide bonds. The Morgan fingerprint density at radius 2 is 1.93 bits per heavy atom. The van der Waals surface area contributed by atoms with Crippen molar-refractivity contribution in [2.45, 2.75) is 56.7 Å². The maximum absolute atomic E-state index is 13.9. The Kier molecular flexibility index (Phi) is 7.09. The van der Waals surface area contributed by atoms with Gasteiger partial charge in [0.05, 0.1) is 12.6 Å². The average Bonchev–Trinajstić information content (AvgIpc) is 3.42. The molecule has 6 rings (SSSR count). The Labute approximate surface area is 234 Å². The number of hydrogen-bond donors (Lipinski definition) is 3. The van der Waals surface area contributed by atoms with Gasteiger partial charge in [0.15, 0.2) is 5.69 Å². The van der Waals surface area contributed by atoms with Crippen LogP contribution in [0.25, 0.3) is 0 Å². The maximum Gasteiger partial charge on any atom is 0.311 e. The molecule has 2 aliphatic heterocycles. The highest BCUT2D eigenvalue weighted by atomic mass is 19.1. The van der Waals surface area contributed by atoms with E-state index >= 15 is 0 Å². The number of methoxy groups -OCH3 is 1. The van der Waals surface area contributed by atoms with Crippen LogP contribution in [-0.2, 0) is 33.6 Å². The van der Waals surface area contributed by atoms with Crippen LogP contribution in [0.5, 0.6) is 5.75 Å². The quantitative estimate of drug-likeness (QED) is 0.367. The number of carbonyl (C=O) groups excluding carboxylic acids is 3. The van der Waals surface area contributed by atoms with Crippen LogP contribution in [0, 0.1) is 12.7 Å². The number of hydrogen-bond acceptors (Lipinski definition) is 8. The van der Waals surface area contributed by atoms with Crippen LogP contribution in [0.1, 0.15) is 58.9 Å². The molecule has 13 nitrogen and oxygen atoms in total. The van der Waals surface area contributed by atoms with Crippen LogP contribution in [-0.4, -0.2) is 68.6 Å². The Morgan fingerprint density at radius 1 is 1.20 bits per heavy atom. The fraction of sp³-hybridized carbons (Fsp3) is 0.444. The molecular weight excluding hydrogens is 535 g/mol. The number of nitrogens with one attached hydrogen (secondary N) is 3. The van der Waals surface area contributed by atoms with Gasteiger partial charge >= 0.3 is 11.8 Å². The molecule has 14 heteroatoms. The zero-order chi connectivity index (χ0) is 29.5. The number of rotatable bonds is 6. The molecule has 0 saturated heterocycles. The summed E-state index contributed by atoms with van der Waals surface area (Å²) in [7, 11) is 4.21. The summed E-state index contributed by atoms with van der Waals surface area (Å²) >= 11 is 0. The Hall–Kier alpha value is -4.62.